The van der Waals surface area contributed by atoms with Crippen LogP contribution in [0.15, 0.2) is 34.7 Å². The van der Waals surface area contributed by atoms with Crippen molar-refractivity contribution in [3.63, 3.8) is 0 Å². The molecule has 1 aromatic heterocycles. The standard InChI is InChI=1S/C35H40O16/c1-15(36)45-20-12-33-30(6)23(22(25(40)43-8)46-16(2)37)28(4)14-32(30,41)34(42,26(28)47-17(3)38)27-35(33,51-31(7,49-27)50-33)19-11-21(39)48-24(29(19,20)5)18-9-10-44-13-18/h9-11,13,20,22-24,26-27,41-42H,12,14H2,1-8H3/t20-,22?,23?,24+,26-,27+,28-,29-,30+,31-,32+,33-,34-,35+/m1/s1. The maximum absolute atomic E-state index is 13.8. The summed E-state index contributed by atoms with van der Waals surface area (Å²) in [6, 6.07) is 1.59. The molecule has 2 unspecified atom stereocenters. The van der Waals surface area contributed by atoms with E-state index in [1.807, 2.05) is 0 Å². The number of methoxy groups -OCH3 is 1. The highest BCUT2D eigenvalue weighted by Crippen LogP contribution is 2.88. The molecular weight excluding hydrogens is 676 g/mol. The first-order valence-corrected chi connectivity index (χ1v) is 16.7. The fourth-order valence-corrected chi connectivity index (χ4v) is 12.1. The Labute approximate surface area is 291 Å². The predicted octanol–water partition coefficient (Wildman–Crippen LogP) is 1.30. The van der Waals surface area contributed by atoms with Gasteiger partial charge in [0.25, 0.3) is 5.97 Å². The smallest absolute Gasteiger partial charge is 0.347 e. The Bertz CT molecular complexity index is 1820. The zero-order valence-electron chi connectivity index (χ0n) is 29.3. The van der Waals surface area contributed by atoms with Crippen molar-refractivity contribution in [1.82, 2.24) is 0 Å². The number of fused-ring (bicyclic) bond motifs is 4. The average molecular weight is 717 g/mol. The molecule has 4 saturated carbocycles. The molecule has 14 atom stereocenters. The number of aliphatic hydroxyl groups is 2. The van der Waals surface area contributed by atoms with Crippen LogP contribution in [0.4, 0.5) is 0 Å². The van der Waals surface area contributed by atoms with Crippen LogP contribution < -0.4 is 0 Å². The number of carbonyl (C=O) groups is 5. The monoisotopic (exact) mass is 716 g/mol. The second-order valence-corrected chi connectivity index (χ2v) is 15.7. The molecule has 16 nitrogen and oxygen atoms in total. The van der Waals surface area contributed by atoms with Crippen LogP contribution in [0.25, 0.3) is 0 Å². The van der Waals surface area contributed by atoms with E-state index < -0.39 is 111 Å². The van der Waals surface area contributed by atoms with Gasteiger partial charge in [0.1, 0.15) is 35.6 Å². The Kier molecular flexibility index (Phi) is 6.57. The summed E-state index contributed by atoms with van der Waals surface area (Å²) in [5.74, 6) is -7.48. The summed E-state index contributed by atoms with van der Waals surface area (Å²) in [4.78, 5) is 66.0. The van der Waals surface area contributed by atoms with E-state index in [2.05, 4.69) is 0 Å². The van der Waals surface area contributed by atoms with Gasteiger partial charge in [0.2, 0.25) is 6.10 Å². The molecular formula is C35H40O16. The van der Waals surface area contributed by atoms with Crippen molar-refractivity contribution < 1.29 is 76.5 Å². The Morgan fingerprint density at radius 3 is 2.25 bits per heavy atom. The van der Waals surface area contributed by atoms with Crippen LogP contribution in [0.3, 0.4) is 0 Å². The minimum absolute atomic E-state index is 0.140. The van der Waals surface area contributed by atoms with Crippen LogP contribution in [0.2, 0.25) is 0 Å². The van der Waals surface area contributed by atoms with Crippen molar-refractivity contribution in [2.24, 2.45) is 22.2 Å². The summed E-state index contributed by atoms with van der Waals surface area (Å²) in [7, 11) is 1.10. The van der Waals surface area contributed by atoms with Gasteiger partial charge in [-0.2, -0.15) is 0 Å². The first kappa shape index (κ1) is 34.3. The molecule has 16 heteroatoms. The third kappa shape index (κ3) is 3.47. The zero-order chi connectivity index (χ0) is 37.1. The number of ether oxygens (including phenoxy) is 8. The Morgan fingerprint density at radius 2 is 1.67 bits per heavy atom. The summed E-state index contributed by atoms with van der Waals surface area (Å²) in [6.45, 7) is 9.79. The van der Waals surface area contributed by atoms with Crippen molar-refractivity contribution in [1.29, 1.82) is 0 Å². The fraction of sp³-hybridized carbons (Fsp3) is 0.686. The van der Waals surface area contributed by atoms with Crippen LogP contribution in [0.5, 0.6) is 0 Å². The lowest BCUT2D eigenvalue weighted by Crippen LogP contribution is -2.93. The van der Waals surface area contributed by atoms with Crippen molar-refractivity contribution >= 4 is 29.8 Å². The van der Waals surface area contributed by atoms with E-state index in [0.29, 0.717) is 5.56 Å². The Hall–Kier alpha value is -3.83. The normalized spacial score (nSPS) is 50.0. The van der Waals surface area contributed by atoms with Gasteiger partial charge >= 0.3 is 29.8 Å². The second kappa shape index (κ2) is 9.77. The van der Waals surface area contributed by atoms with E-state index in [0.717, 1.165) is 21.0 Å². The van der Waals surface area contributed by atoms with E-state index in [9.17, 15) is 34.2 Å². The maximum atomic E-state index is 13.8. The minimum Gasteiger partial charge on any atom is -0.472 e. The largest absolute Gasteiger partial charge is 0.472 e. The molecule has 4 heterocycles. The van der Waals surface area contributed by atoms with Gasteiger partial charge in [-0.1, -0.05) is 13.8 Å². The summed E-state index contributed by atoms with van der Waals surface area (Å²) >= 11 is 0. The molecule has 1 aromatic rings. The molecule has 7 aliphatic rings. The molecule has 4 aliphatic carbocycles. The third-order valence-electron chi connectivity index (χ3n) is 13.4. The number of carbonyl (C=O) groups excluding carboxylic acids is 5. The second-order valence-electron chi connectivity index (χ2n) is 15.7. The highest BCUT2D eigenvalue weighted by molar-refractivity contribution is 5.86. The van der Waals surface area contributed by atoms with Gasteiger partial charge < -0.3 is 52.5 Å². The predicted molar refractivity (Wildman–Crippen MR) is 162 cm³/mol. The Morgan fingerprint density at radius 1 is 0.980 bits per heavy atom. The number of hydrogen-bond donors (Lipinski definition) is 2. The van der Waals surface area contributed by atoms with Crippen LogP contribution in [-0.4, -0.2) is 100.0 Å². The first-order chi connectivity index (χ1) is 23.7. The molecule has 51 heavy (non-hydrogen) atoms. The van der Waals surface area contributed by atoms with Crippen LogP contribution in [0.1, 0.15) is 73.0 Å². The van der Waals surface area contributed by atoms with Gasteiger partial charge in [-0.15, -0.1) is 0 Å². The molecule has 276 valence electrons. The molecule has 0 amide bonds. The number of furan rings is 1. The molecule has 3 aliphatic heterocycles. The first-order valence-electron chi connectivity index (χ1n) is 16.7. The van der Waals surface area contributed by atoms with Gasteiger partial charge in [0, 0.05) is 62.5 Å². The molecule has 0 aromatic carbocycles. The third-order valence-corrected chi connectivity index (χ3v) is 13.4. The maximum Gasteiger partial charge on any atom is 0.347 e. The van der Waals surface area contributed by atoms with Gasteiger partial charge in [0.15, 0.2) is 11.2 Å². The van der Waals surface area contributed by atoms with Gasteiger partial charge in [-0.3, -0.25) is 14.4 Å². The van der Waals surface area contributed by atoms with E-state index in [1.165, 1.54) is 32.4 Å². The average Bonchev–Trinajstić information content (AvgIpc) is 3.79. The minimum atomic E-state index is -2.51. The lowest BCUT2D eigenvalue weighted by atomic mass is 9.34. The lowest BCUT2D eigenvalue weighted by molar-refractivity contribution is -0.449. The van der Waals surface area contributed by atoms with Gasteiger partial charge in [-0.05, 0) is 25.0 Å². The van der Waals surface area contributed by atoms with E-state index in [1.54, 1.807) is 26.8 Å². The summed E-state index contributed by atoms with van der Waals surface area (Å²) in [5.41, 5.74) is -13.2. The van der Waals surface area contributed by atoms with Crippen LogP contribution in [-0.2, 0) is 61.9 Å². The summed E-state index contributed by atoms with van der Waals surface area (Å²) in [5, 5.41) is 26.7. The highest BCUT2D eigenvalue weighted by Gasteiger charge is 3.03. The number of rotatable bonds is 6. The van der Waals surface area contributed by atoms with E-state index >= 15 is 0 Å². The topological polar surface area (TPSA) is 213 Å². The van der Waals surface area contributed by atoms with Crippen molar-refractivity contribution in [2.45, 2.75) is 120 Å². The van der Waals surface area contributed by atoms with E-state index in [-0.39, 0.29) is 18.4 Å². The lowest BCUT2D eigenvalue weighted by Gasteiger charge is -2.76. The zero-order valence-corrected chi connectivity index (χ0v) is 29.3. The number of hydrogen-bond acceptors (Lipinski definition) is 16. The van der Waals surface area contributed by atoms with Crippen LogP contribution >= 0.6 is 0 Å². The highest BCUT2D eigenvalue weighted by atomic mass is 16.9. The van der Waals surface area contributed by atoms with Crippen molar-refractivity contribution in [3.05, 3.63) is 35.8 Å². The molecule has 2 saturated heterocycles. The van der Waals surface area contributed by atoms with Gasteiger partial charge in [0.05, 0.1) is 25.1 Å². The molecule has 6 fully saturated rings. The number of cyclic esters (lactones) is 1. The molecule has 8 rings (SSSR count). The molecule has 0 radical (unpaired) electrons. The number of esters is 5. The quantitative estimate of drug-likeness (QED) is 0.314. The molecule has 2 N–H and O–H groups in total. The van der Waals surface area contributed by atoms with E-state index in [4.69, 9.17) is 42.3 Å². The Balaban J connectivity index is 1.49. The fourth-order valence-electron chi connectivity index (χ4n) is 12.1. The van der Waals surface area contributed by atoms with Crippen molar-refractivity contribution in [2.75, 3.05) is 7.11 Å². The summed E-state index contributed by atoms with van der Waals surface area (Å²) in [6.07, 6.45) is -3.89. The van der Waals surface area contributed by atoms with Crippen molar-refractivity contribution in [3.8, 4) is 0 Å². The molecule has 1 spiro atoms. The summed E-state index contributed by atoms with van der Waals surface area (Å²) < 4.78 is 54.5. The van der Waals surface area contributed by atoms with Crippen LogP contribution in [0, 0.1) is 22.2 Å². The van der Waals surface area contributed by atoms with Gasteiger partial charge in [-0.25, -0.2) is 9.59 Å². The SMILES string of the molecule is COC(=O)C(OC(C)=O)C1[C@@]2(C)[C@@]3(O)C[C@@]1(C)[C@@H](OC(C)=O)[C@@]3(O)[C@@H]1O[C@]3(C)O[C@]24C[C@@H](OC(C)=O)[C@@]2(C)C(=CC(=O)O[C@H]2c2ccoc2)[C@]14O3. The molecule has 4 bridgehead atoms.